The van der Waals surface area contributed by atoms with Crippen molar-refractivity contribution < 1.29 is 9.50 Å². The van der Waals surface area contributed by atoms with E-state index in [1.807, 2.05) is 0 Å². The van der Waals surface area contributed by atoms with E-state index in [-0.39, 0.29) is 12.0 Å². The van der Waals surface area contributed by atoms with Gasteiger partial charge in [0.25, 0.3) is 0 Å². The molecule has 1 aromatic heterocycles. The number of halogens is 2. The van der Waals surface area contributed by atoms with Crippen LogP contribution in [0.5, 0.6) is 0 Å². The molecule has 0 amide bonds. The lowest BCUT2D eigenvalue weighted by atomic mass is 10.1. The number of nitrogens with one attached hydrogen (secondary N) is 1. The first-order valence-electron chi connectivity index (χ1n) is 4.64. The van der Waals surface area contributed by atoms with Gasteiger partial charge in [-0.1, -0.05) is 17.7 Å². The van der Waals surface area contributed by atoms with Crippen LogP contribution in [0.2, 0.25) is 5.02 Å². The molecule has 84 valence electrons. The predicted octanol–water partition coefficient (Wildman–Crippen LogP) is 1.87. The molecule has 1 heterocycles. The van der Waals surface area contributed by atoms with Crippen molar-refractivity contribution in [3.63, 3.8) is 0 Å². The van der Waals surface area contributed by atoms with Gasteiger partial charge in [-0.25, -0.2) is 9.37 Å². The monoisotopic (exact) mass is 241 g/mol. The van der Waals surface area contributed by atoms with Crippen LogP contribution >= 0.6 is 11.6 Å². The van der Waals surface area contributed by atoms with Gasteiger partial charge in [-0.2, -0.15) is 5.10 Å². The van der Waals surface area contributed by atoms with Crippen molar-refractivity contribution in [2.45, 2.75) is 12.5 Å². The maximum absolute atomic E-state index is 13.4. The van der Waals surface area contributed by atoms with Crippen molar-refractivity contribution in [2.24, 2.45) is 0 Å². The molecular weight excluding hydrogens is 233 g/mol. The summed E-state index contributed by atoms with van der Waals surface area (Å²) in [5.41, 5.74) is 0.271. The van der Waals surface area contributed by atoms with Crippen LogP contribution in [0.3, 0.4) is 0 Å². The highest BCUT2D eigenvalue weighted by Gasteiger charge is 2.16. The number of hydrogen-bond donors (Lipinski definition) is 2. The minimum atomic E-state index is -0.947. The quantitative estimate of drug-likeness (QED) is 0.863. The van der Waals surface area contributed by atoms with E-state index >= 15 is 0 Å². The number of benzene rings is 1. The summed E-state index contributed by atoms with van der Waals surface area (Å²) < 4.78 is 13.4. The molecule has 16 heavy (non-hydrogen) atoms. The maximum atomic E-state index is 13.4. The Bertz CT molecular complexity index is 455. The van der Waals surface area contributed by atoms with Crippen molar-refractivity contribution in [3.8, 4) is 0 Å². The molecule has 0 aliphatic heterocycles. The lowest BCUT2D eigenvalue weighted by Crippen LogP contribution is -2.06. The van der Waals surface area contributed by atoms with Crippen LogP contribution in [0.4, 0.5) is 4.39 Å². The Morgan fingerprint density at radius 2 is 2.31 bits per heavy atom. The summed E-state index contributed by atoms with van der Waals surface area (Å²) in [5.74, 6) is -0.148. The Morgan fingerprint density at radius 3 is 2.94 bits per heavy atom. The average Bonchev–Trinajstić information content (AvgIpc) is 2.76. The lowest BCUT2D eigenvalue weighted by Gasteiger charge is -2.09. The Hall–Kier alpha value is -1.46. The van der Waals surface area contributed by atoms with Crippen molar-refractivity contribution >= 4 is 11.6 Å². The molecule has 0 spiro atoms. The third-order valence-corrected chi connectivity index (χ3v) is 2.56. The first-order valence-corrected chi connectivity index (χ1v) is 5.02. The summed E-state index contributed by atoms with van der Waals surface area (Å²) in [7, 11) is 0. The van der Waals surface area contributed by atoms with Crippen molar-refractivity contribution in [3.05, 3.63) is 46.8 Å². The molecular formula is C10H9ClFN3O. The molecule has 2 aromatic rings. The highest BCUT2D eigenvalue weighted by Crippen LogP contribution is 2.24. The lowest BCUT2D eigenvalue weighted by molar-refractivity contribution is 0.167. The van der Waals surface area contributed by atoms with Gasteiger partial charge in [0.05, 0.1) is 0 Å². The van der Waals surface area contributed by atoms with E-state index in [2.05, 4.69) is 15.2 Å². The van der Waals surface area contributed by atoms with Crippen molar-refractivity contribution in [2.75, 3.05) is 0 Å². The number of aromatic nitrogens is 3. The smallest absolute Gasteiger partial charge is 0.153 e. The number of hydrogen-bond acceptors (Lipinski definition) is 3. The predicted molar refractivity (Wildman–Crippen MR) is 56.5 cm³/mol. The average molecular weight is 242 g/mol. The van der Waals surface area contributed by atoms with Crippen LogP contribution in [-0.4, -0.2) is 20.3 Å². The van der Waals surface area contributed by atoms with Gasteiger partial charge in [0.1, 0.15) is 18.2 Å². The van der Waals surface area contributed by atoms with Crippen LogP contribution in [0.1, 0.15) is 17.5 Å². The zero-order valence-corrected chi connectivity index (χ0v) is 8.95. The van der Waals surface area contributed by atoms with Gasteiger partial charge in [0.2, 0.25) is 0 Å². The first kappa shape index (κ1) is 11.0. The molecule has 0 saturated carbocycles. The zero-order chi connectivity index (χ0) is 11.5. The number of rotatable bonds is 3. The van der Waals surface area contributed by atoms with Crippen LogP contribution < -0.4 is 0 Å². The number of nitrogens with zero attached hydrogens (tertiary/aromatic N) is 2. The van der Waals surface area contributed by atoms with Gasteiger partial charge >= 0.3 is 0 Å². The van der Waals surface area contributed by atoms with Gasteiger partial charge in [-0.05, 0) is 12.1 Å². The minimum absolute atomic E-state index is 0.0562. The first-order chi connectivity index (χ1) is 7.68. The summed E-state index contributed by atoms with van der Waals surface area (Å²) in [6, 6.07) is 4.39. The third kappa shape index (κ3) is 2.20. The molecule has 0 saturated heterocycles. The van der Waals surface area contributed by atoms with Crippen molar-refractivity contribution in [1.29, 1.82) is 0 Å². The van der Waals surface area contributed by atoms with Gasteiger partial charge in [0.15, 0.2) is 5.82 Å². The van der Waals surface area contributed by atoms with E-state index < -0.39 is 11.9 Å². The fraction of sp³-hybridized carbons (Fsp3) is 0.200. The van der Waals surface area contributed by atoms with Gasteiger partial charge in [-0.15, -0.1) is 0 Å². The van der Waals surface area contributed by atoms with Gasteiger partial charge in [-0.3, -0.25) is 5.10 Å². The Kier molecular flexibility index (Phi) is 3.17. The molecule has 2 rings (SSSR count). The van der Waals surface area contributed by atoms with Crippen LogP contribution in [0.25, 0.3) is 0 Å². The van der Waals surface area contributed by atoms with Crippen LogP contribution in [-0.2, 0) is 6.42 Å². The summed E-state index contributed by atoms with van der Waals surface area (Å²) in [5, 5.41) is 16.2. The number of aromatic amines is 1. The molecule has 2 N–H and O–H groups in total. The number of aliphatic hydroxyl groups is 1. The molecule has 6 heteroatoms. The Balaban J connectivity index is 2.21. The molecule has 1 atom stereocenters. The SMILES string of the molecule is OC(Cc1c(F)cccc1Cl)c1ncn[nH]1. The van der Waals surface area contributed by atoms with E-state index in [0.29, 0.717) is 10.8 Å². The van der Waals surface area contributed by atoms with Crippen LogP contribution in [0, 0.1) is 5.82 Å². The highest BCUT2D eigenvalue weighted by atomic mass is 35.5. The largest absolute Gasteiger partial charge is 0.385 e. The minimum Gasteiger partial charge on any atom is -0.385 e. The number of H-pyrrole nitrogens is 1. The second-order valence-corrected chi connectivity index (χ2v) is 3.70. The van der Waals surface area contributed by atoms with Crippen LogP contribution in [0.15, 0.2) is 24.5 Å². The third-order valence-electron chi connectivity index (χ3n) is 2.21. The van der Waals surface area contributed by atoms with Crippen molar-refractivity contribution in [1.82, 2.24) is 15.2 Å². The second kappa shape index (κ2) is 4.59. The summed E-state index contributed by atoms with van der Waals surface area (Å²) in [6.07, 6.45) is 0.388. The van der Waals surface area contributed by atoms with Gasteiger partial charge < -0.3 is 5.11 Å². The number of aliphatic hydroxyl groups excluding tert-OH is 1. The van der Waals surface area contributed by atoms with E-state index in [9.17, 15) is 9.50 Å². The van der Waals surface area contributed by atoms with Gasteiger partial charge in [0, 0.05) is 17.0 Å². The molecule has 4 nitrogen and oxygen atoms in total. The summed E-state index contributed by atoms with van der Waals surface area (Å²) in [4.78, 5) is 3.79. The molecule has 0 bridgehead atoms. The maximum Gasteiger partial charge on any atom is 0.153 e. The van der Waals surface area contributed by atoms with E-state index in [4.69, 9.17) is 11.6 Å². The standard InChI is InChI=1S/C10H9ClFN3O/c11-7-2-1-3-8(12)6(7)4-9(16)10-13-5-14-15-10/h1-3,5,9,16H,4H2,(H,13,14,15). The highest BCUT2D eigenvalue weighted by molar-refractivity contribution is 6.31. The van der Waals surface area contributed by atoms with E-state index in [1.54, 1.807) is 6.07 Å². The Morgan fingerprint density at radius 1 is 1.50 bits per heavy atom. The molecule has 1 aromatic carbocycles. The fourth-order valence-electron chi connectivity index (χ4n) is 1.39. The van der Waals surface area contributed by atoms with E-state index in [0.717, 1.165) is 0 Å². The second-order valence-electron chi connectivity index (χ2n) is 3.29. The fourth-order valence-corrected chi connectivity index (χ4v) is 1.63. The normalized spacial score (nSPS) is 12.7. The molecule has 0 aliphatic rings. The Labute approximate surface area is 96.1 Å². The summed E-state index contributed by atoms with van der Waals surface area (Å²) in [6.45, 7) is 0. The molecule has 1 unspecified atom stereocenters. The molecule has 0 fully saturated rings. The van der Waals surface area contributed by atoms with E-state index in [1.165, 1.54) is 18.5 Å². The topological polar surface area (TPSA) is 61.8 Å². The molecule has 0 aliphatic carbocycles. The zero-order valence-electron chi connectivity index (χ0n) is 8.19. The summed E-state index contributed by atoms with van der Waals surface area (Å²) >= 11 is 5.84. The molecule has 0 radical (unpaired) electrons.